The minimum Gasteiger partial charge on any atom is -0.478 e. The summed E-state index contributed by atoms with van der Waals surface area (Å²) in [5.74, 6) is -1.37. The maximum Gasteiger partial charge on any atom is 0.335 e. The van der Waals surface area contributed by atoms with Crippen LogP contribution in [0.3, 0.4) is 0 Å². The molecule has 7 nitrogen and oxygen atoms in total. The van der Waals surface area contributed by atoms with Crippen molar-refractivity contribution in [1.29, 1.82) is 0 Å². The van der Waals surface area contributed by atoms with E-state index in [9.17, 15) is 9.59 Å². The number of carbonyl (C=O) groups is 2. The lowest BCUT2D eigenvalue weighted by atomic mass is 10.2. The van der Waals surface area contributed by atoms with E-state index in [-0.39, 0.29) is 18.0 Å². The van der Waals surface area contributed by atoms with Crippen LogP contribution in [0.15, 0.2) is 18.2 Å². The number of hydrogen-bond acceptors (Lipinski definition) is 5. The van der Waals surface area contributed by atoms with Crippen molar-refractivity contribution in [2.75, 3.05) is 7.11 Å². The molecule has 0 amide bonds. The van der Waals surface area contributed by atoms with E-state index in [0.29, 0.717) is 17.6 Å². The first-order valence-electron chi connectivity index (χ1n) is 5.25. The molecule has 2 aromatic rings. The van der Waals surface area contributed by atoms with Crippen LogP contribution in [0, 0.1) is 0 Å². The smallest absolute Gasteiger partial charge is 0.335 e. The zero-order valence-electron chi connectivity index (χ0n) is 9.66. The number of carbonyl (C=O) groups excluding carboxylic acids is 1. The molecule has 0 aliphatic carbocycles. The van der Waals surface area contributed by atoms with Crippen LogP contribution >= 0.6 is 0 Å². The normalized spacial score (nSPS) is 10.5. The molecule has 1 aromatic heterocycles. The van der Waals surface area contributed by atoms with Gasteiger partial charge in [-0.25, -0.2) is 9.48 Å². The molecule has 2 rings (SSSR count). The number of aromatic carboxylic acids is 1. The fourth-order valence-electron chi connectivity index (χ4n) is 1.56. The Hall–Kier alpha value is -2.44. The van der Waals surface area contributed by atoms with Crippen molar-refractivity contribution >= 4 is 23.0 Å². The minimum atomic E-state index is -1.02. The number of aryl methyl sites for hydroxylation is 1. The summed E-state index contributed by atoms with van der Waals surface area (Å²) in [4.78, 5) is 21.9. The zero-order chi connectivity index (χ0) is 13.1. The number of carboxylic acid groups (broad SMARTS) is 1. The first-order chi connectivity index (χ1) is 8.61. The van der Waals surface area contributed by atoms with Gasteiger partial charge in [-0.3, -0.25) is 4.79 Å². The molecular formula is C11H11N3O4. The van der Waals surface area contributed by atoms with Gasteiger partial charge in [0.2, 0.25) is 0 Å². The average molecular weight is 249 g/mol. The van der Waals surface area contributed by atoms with Crippen LogP contribution in [-0.4, -0.2) is 39.1 Å². The molecule has 94 valence electrons. The van der Waals surface area contributed by atoms with Crippen LogP contribution in [-0.2, 0) is 16.1 Å². The van der Waals surface area contributed by atoms with Crippen LogP contribution in [0.5, 0.6) is 0 Å². The van der Waals surface area contributed by atoms with Crippen molar-refractivity contribution in [2.24, 2.45) is 0 Å². The highest BCUT2D eigenvalue weighted by molar-refractivity contribution is 5.92. The lowest BCUT2D eigenvalue weighted by molar-refractivity contribution is -0.140. The quantitative estimate of drug-likeness (QED) is 0.801. The Morgan fingerprint density at radius 2 is 2.22 bits per heavy atom. The van der Waals surface area contributed by atoms with Gasteiger partial charge in [0.05, 0.1) is 31.2 Å². The number of benzene rings is 1. The van der Waals surface area contributed by atoms with E-state index in [2.05, 4.69) is 15.0 Å². The van der Waals surface area contributed by atoms with Gasteiger partial charge in [0, 0.05) is 0 Å². The standard InChI is InChI=1S/C11H11N3O4/c1-18-10(15)4-5-14-9-6-7(11(16)17)2-3-8(9)12-13-14/h2-3,6H,4-5H2,1H3,(H,16,17). The highest BCUT2D eigenvalue weighted by atomic mass is 16.5. The summed E-state index contributed by atoms with van der Waals surface area (Å²) in [7, 11) is 1.31. The largest absolute Gasteiger partial charge is 0.478 e. The molecule has 0 fully saturated rings. The van der Waals surface area contributed by atoms with Gasteiger partial charge < -0.3 is 9.84 Å². The summed E-state index contributed by atoms with van der Waals surface area (Å²) in [5, 5.41) is 16.7. The molecule has 0 atom stereocenters. The summed E-state index contributed by atoms with van der Waals surface area (Å²) < 4.78 is 6.01. The zero-order valence-corrected chi connectivity index (χ0v) is 9.66. The summed E-state index contributed by atoms with van der Waals surface area (Å²) in [6.07, 6.45) is 0.159. The van der Waals surface area contributed by atoms with Gasteiger partial charge in [0.25, 0.3) is 0 Å². The molecule has 7 heteroatoms. The number of esters is 1. The molecule has 0 radical (unpaired) electrons. The molecular weight excluding hydrogens is 238 g/mol. The molecule has 0 aliphatic rings. The minimum absolute atomic E-state index is 0.157. The predicted molar refractivity (Wildman–Crippen MR) is 61.1 cm³/mol. The van der Waals surface area contributed by atoms with Crippen LogP contribution in [0.1, 0.15) is 16.8 Å². The van der Waals surface area contributed by atoms with E-state index in [1.165, 1.54) is 23.9 Å². The SMILES string of the molecule is COC(=O)CCn1nnc2ccc(C(=O)O)cc21. The summed E-state index contributed by atoms with van der Waals surface area (Å²) in [6.45, 7) is 0.298. The predicted octanol–water partition coefficient (Wildman–Crippen LogP) is 0.693. The van der Waals surface area contributed by atoms with Crippen LogP contribution in [0.2, 0.25) is 0 Å². The first kappa shape index (κ1) is 12.0. The van der Waals surface area contributed by atoms with E-state index in [1.54, 1.807) is 6.07 Å². The number of ether oxygens (including phenoxy) is 1. The highest BCUT2D eigenvalue weighted by Gasteiger charge is 2.10. The van der Waals surface area contributed by atoms with E-state index in [1.807, 2.05) is 0 Å². The topological polar surface area (TPSA) is 94.3 Å². The third kappa shape index (κ3) is 2.29. The Morgan fingerprint density at radius 1 is 1.44 bits per heavy atom. The third-order valence-corrected chi connectivity index (χ3v) is 2.52. The van der Waals surface area contributed by atoms with Crippen molar-refractivity contribution in [1.82, 2.24) is 15.0 Å². The van der Waals surface area contributed by atoms with Crippen LogP contribution < -0.4 is 0 Å². The van der Waals surface area contributed by atoms with E-state index >= 15 is 0 Å². The number of nitrogens with zero attached hydrogens (tertiary/aromatic N) is 3. The Labute approximate surface area is 102 Å². The fraction of sp³-hybridized carbons (Fsp3) is 0.273. The molecule has 18 heavy (non-hydrogen) atoms. The molecule has 1 aromatic carbocycles. The molecule has 1 N–H and O–H groups in total. The maximum absolute atomic E-state index is 11.0. The Balaban J connectivity index is 2.30. The van der Waals surface area contributed by atoms with Gasteiger partial charge in [-0.1, -0.05) is 5.21 Å². The molecule has 0 saturated carbocycles. The van der Waals surface area contributed by atoms with Crippen LogP contribution in [0.25, 0.3) is 11.0 Å². The second-order valence-corrected chi connectivity index (χ2v) is 3.65. The molecule has 0 aliphatic heterocycles. The van der Waals surface area contributed by atoms with E-state index < -0.39 is 5.97 Å². The molecule has 0 spiro atoms. The number of hydrogen-bond donors (Lipinski definition) is 1. The molecule has 0 bridgehead atoms. The first-order valence-corrected chi connectivity index (χ1v) is 5.25. The number of carboxylic acids is 1. The summed E-state index contributed by atoms with van der Waals surface area (Å²) in [6, 6.07) is 4.53. The fourth-order valence-corrected chi connectivity index (χ4v) is 1.56. The monoisotopic (exact) mass is 249 g/mol. The maximum atomic E-state index is 11.0. The van der Waals surface area contributed by atoms with Crippen molar-refractivity contribution in [3.63, 3.8) is 0 Å². The lowest BCUT2D eigenvalue weighted by Gasteiger charge is -2.01. The van der Waals surface area contributed by atoms with E-state index in [4.69, 9.17) is 5.11 Å². The van der Waals surface area contributed by atoms with Crippen molar-refractivity contribution in [2.45, 2.75) is 13.0 Å². The van der Waals surface area contributed by atoms with Gasteiger partial charge in [-0.2, -0.15) is 0 Å². The van der Waals surface area contributed by atoms with Crippen molar-refractivity contribution in [3.8, 4) is 0 Å². The number of methoxy groups -OCH3 is 1. The van der Waals surface area contributed by atoms with Gasteiger partial charge in [-0.05, 0) is 18.2 Å². The highest BCUT2D eigenvalue weighted by Crippen LogP contribution is 2.14. The summed E-state index contributed by atoms with van der Waals surface area (Å²) in [5.41, 5.74) is 1.33. The van der Waals surface area contributed by atoms with Crippen molar-refractivity contribution < 1.29 is 19.4 Å². The average Bonchev–Trinajstić information content (AvgIpc) is 2.78. The van der Waals surface area contributed by atoms with Gasteiger partial charge in [0.15, 0.2) is 0 Å². The van der Waals surface area contributed by atoms with E-state index in [0.717, 1.165) is 0 Å². The molecule has 0 saturated heterocycles. The second-order valence-electron chi connectivity index (χ2n) is 3.65. The molecule has 0 unspecified atom stereocenters. The number of fused-ring (bicyclic) bond motifs is 1. The van der Waals surface area contributed by atoms with Gasteiger partial charge in [0.1, 0.15) is 5.52 Å². The number of aromatic nitrogens is 3. The number of rotatable bonds is 4. The van der Waals surface area contributed by atoms with Gasteiger partial charge in [-0.15, -0.1) is 5.10 Å². The molecule has 1 heterocycles. The third-order valence-electron chi connectivity index (χ3n) is 2.52. The van der Waals surface area contributed by atoms with Crippen molar-refractivity contribution in [3.05, 3.63) is 23.8 Å². The Morgan fingerprint density at radius 3 is 2.89 bits per heavy atom. The second kappa shape index (κ2) is 4.82. The Kier molecular flexibility index (Phi) is 3.22. The Bertz CT molecular complexity index is 605. The summed E-state index contributed by atoms with van der Waals surface area (Å²) >= 11 is 0. The van der Waals surface area contributed by atoms with Crippen LogP contribution in [0.4, 0.5) is 0 Å². The van der Waals surface area contributed by atoms with Gasteiger partial charge >= 0.3 is 11.9 Å². The lowest BCUT2D eigenvalue weighted by Crippen LogP contribution is -2.08.